The van der Waals surface area contributed by atoms with E-state index in [0.717, 1.165) is 0 Å². The zero-order valence-electron chi connectivity index (χ0n) is 17.2. The Bertz CT molecular complexity index is 1160. The maximum atomic E-state index is 13.0. The molecular formula is C21H22F2N4O5. The van der Waals surface area contributed by atoms with Crippen molar-refractivity contribution >= 4 is 22.8 Å². The molecule has 1 atom stereocenters. The van der Waals surface area contributed by atoms with E-state index in [1.165, 1.54) is 10.9 Å². The number of halogens is 2. The van der Waals surface area contributed by atoms with E-state index in [2.05, 4.69) is 15.7 Å². The van der Waals surface area contributed by atoms with Crippen LogP contribution < -0.4 is 15.4 Å². The predicted molar refractivity (Wildman–Crippen MR) is 108 cm³/mol. The van der Waals surface area contributed by atoms with Crippen LogP contribution in [0.4, 0.5) is 8.78 Å². The Hall–Kier alpha value is -3.47. The molecule has 0 bridgehead atoms. The van der Waals surface area contributed by atoms with Crippen LogP contribution >= 0.6 is 0 Å². The Morgan fingerprint density at radius 1 is 1.44 bits per heavy atom. The number of amides is 2. The van der Waals surface area contributed by atoms with Crippen molar-refractivity contribution in [2.75, 3.05) is 13.2 Å². The van der Waals surface area contributed by atoms with E-state index in [-0.39, 0.29) is 18.6 Å². The number of nitrogens with one attached hydrogen (secondary N) is 2. The van der Waals surface area contributed by atoms with Crippen molar-refractivity contribution in [2.24, 2.45) is 0 Å². The van der Waals surface area contributed by atoms with E-state index in [1.54, 1.807) is 31.2 Å². The lowest BCUT2D eigenvalue weighted by Crippen LogP contribution is -2.56. The van der Waals surface area contributed by atoms with Crippen LogP contribution in [0.2, 0.25) is 0 Å². The number of hydrogen-bond donors (Lipinski definition) is 3. The summed E-state index contributed by atoms with van der Waals surface area (Å²) in [6.07, 6.45) is -0.851. The molecule has 32 heavy (non-hydrogen) atoms. The highest BCUT2D eigenvalue weighted by atomic mass is 19.3. The topological polar surface area (TPSA) is 119 Å². The molecule has 170 valence electrons. The van der Waals surface area contributed by atoms with Crippen molar-refractivity contribution in [1.29, 1.82) is 0 Å². The molecule has 3 N–H and O–H groups in total. The lowest BCUT2D eigenvalue weighted by Gasteiger charge is -2.24. The van der Waals surface area contributed by atoms with Crippen molar-refractivity contribution in [3.8, 4) is 5.75 Å². The number of benzene rings is 1. The van der Waals surface area contributed by atoms with E-state index in [1.807, 2.05) is 0 Å². The molecule has 1 fully saturated rings. The fourth-order valence-corrected chi connectivity index (χ4v) is 3.77. The first-order chi connectivity index (χ1) is 15.3. The van der Waals surface area contributed by atoms with Crippen LogP contribution in [0.5, 0.6) is 5.75 Å². The molecule has 1 aromatic carbocycles. The third kappa shape index (κ3) is 4.03. The Morgan fingerprint density at radius 2 is 2.25 bits per heavy atom. The average Bonchev–Trinajstić information content (AvgIpc) is 3.43. The fraction of sp³-hybridized carbons (Fsp3) is 0.381. The first kappa shape index (κ1) is 21.8. The van der Waals surface area contributed by atoms with Crippen molar-refractivity contribution in [3.05, 3.63) is 47.5 Å². The minimum Gasteiger partial charge on any atom is -0.487 e. The summed E-state index contributed by atoms with van der Waals surface area (Å²) in [7, 11) is 0. The van der Waals surface area contributed by atoms with Crippen molar-refractivity contribution in [1.82, 2.24) is 20.4 Å². The maximum Gasteiger partial charge on any atom is 0.257 e. The third-order valence-corrected chi connectivity index (χ3v) is 5.46. The van der Waals surface area contributed by atoms with Gasteiger partial charge in [-0.05, 0) is 37.6 Å². The summed E-state index contributed by atoms with van der Waals surface area (Å²) in [5.41, 5.74) is -0.245. The first-order valence-corrected chi connectivity index (χ1v) is 9.99. The van der Waals surface area contributed by atoms with Gasteiger partial charge in [-0.25, -0.2) is 8.78 Å². The zero-order chi connectivity index (χ0) is 22.9. The van der Waals surface area contributed by atoms with Gasteiger partial charge < -0.3 is 24.9 Å². The smallest absolute Gasteiger partial charge is 0.257 e. The second-order valence-electron chi connectivity index (χ2n) is 7.58. The average molecular weight is 448 g/mol. The Labute approximate surface area is 181 Å². The van der Waals surface area contributed by atoms with Gasteiger partial charge in [-0.1, -0.05) is 0 Å². The number of aliphatic hydroxyl groups is 1. The SMILES string of the molecule is Cc1oc2ccc(OCc3ccnn3CC(F)F)cc2c1C(=O)N[C@]1(CO)CCNC1=O. The van der Waals surface area contributed by atoms with Gasteiger partial charge in [0.2, 0.25) is 5.91 Å². The van der Waals surface area contributed by atoms with Crippen LogP contribution in [0.15, 0.2) is 34.9 Å². The summed E-state index contributed by atoms with van der Waals surface area (Å²) in [4.78, 5) is 25.2. The summed E-state index contributed by atoms with van der Waals surface area (Å²) >= 11 is 0. The number of hydrogen-bond acceptors (Lipinski definition) is 6. The fourth-order valence-electron chi connectivity index (χ4n) is 3.77. The van der Waals surface area contributed by atoms with E-state index in [9.17, 15) is 23.5 Å². The van der Waals surface area contributed by atoms with Crippen molar-refractivity contribution < 1.29 is 32.6 Å². The van der Waals surface area contributed by atoms with Crippen molar-refractivity contribution in [3.63, 3.8) is 0 Å². The highest BCUT2D eigenvalue weighted by Crippen LogP contribution is 2.30. The van der Waals surface area contributed by atoms with E-state index < -0.39 is 36.9 Å². The maximum absolute atomic E-state index is 13.0. The quantitative estimate of drug-likeness (QED) is 0.483. The van der Waals surface area contributed by atoms with Gasteiger partial charge in [0, 0.05) is 18.1 Å². The van der Waals surface area contributed by atoms with E-state index >= 15 is 0 Å². The molecule has 2 amide bonds. The molecule has 0 spiro atoms. The minimum atomic E-state index is -2.54. The number of rotatable bonds is 8. The standard InChI is InChI=1S/C21H22F2N4O5/c1-12-18(19(29)26-21(11-28)5-7-24-20(21)30)15-8-14(2-3-16(15)32-12)31-10-13-4-6-25-27(13)9-17(22)23/h2-4,6,8,17,28H,5,7,9-11H2,1H3,(H,24,30)(H,26,29)/t21-/m0/s1. The van der Waals surface area contributed by atoms with Gasteiger partial charge in [-0.3, -0.25) is 14.3 Å². The number of nitrogens with zero attached hydrogens (tertiary/aromatic N) is 2. The summed E-state index contributed by atoms with van der Waals surface area (Å²) in [5.74, 6) is -0.258. The molecule has 0 aliphatic carbocycles. The molecule has 4 rings (SSSR count). The molecule has 0 saturated carbocycles. The molecule has 11 heteroatoms. The largest absolute Gasteiger partial charge is 0.487 e. The number of alkyl halides is 2. The number of aliphatic hydroxyl groups excluding tert-OH is 1. The number of carbonyl (C=O) groups excluding carboxylic acids is 2. The van der Waals surface area contributed by atoms with Crippen LogP contribution in [-0.2, 0) is 17.9 Å². The number of aryl methyl sites for hydroxylation is 1. The number of ether oxygens (including phenoxy) is 1. The van der Waals surface area contributed by atoms with Crippen LogP contribution in [-0.4, -0.2) is 51.8 Å². The van der Waals surface area contributed by atoms with Gasteiger partial charge in [0.25, 0.3) is 12.3 Å². The molecule has 9 nitrogen and oxygen atoms in total. The number of aromatic nitrogens is 2. The Kier molecular flexibility index (Phi) is 5.83. The first-order valence-electron chi connectivity index (χ1n) is 9.99. The molecular weight excluding hydrogens is 426 g/mol. The number of furan rings is 1. The Balaban J connectivity index is 1.57. The van der Waals surface area contributed by atoms with Crippen LogP contribution in [0, 0.1) is 6.92 Å². The molecule has 1 aliphatic heterocycles. The van der Waals surface area contributed by atoms with Crippen LogP contribution in [0.1, 0.15) is 28.2 Å². The van der Waals surface area contributed by atoms with Crippen LogP contribution in [0.3, 0.4) is 0 Å². The zero-order valence-corrected chi connectivity index (χ0v) is 17.2. The van der Waals surface area contributed by atoms with E-state index in [0.29, 0.717) is 34.7 Å². The van der Waals surface area contributed by atoms with Crippen molar-refractivity contribution in [2.45, 2.75) is 38.5 Å². The van der Waals surface area contributed by atoms with Gasteiger partial charge in [0.1, 0.15) is 35.8 Å². The van der Waals surface area contributed by atoms with E-state index in [4.69, 9.17) is 9.15 Å². The minimum absolute atomic E-state index is 0.00435. The number of fused-ring (bicyclic) bond motifs is 1. The molecule has 3 heterocycles. The highest BCUT2D eigenvalue weighted by Gasteiger charge is 2.44. The second-order valence-corrected chi connectivity index (χ2v) is 7.58. The highest BCUT2D eigenvalue weighted by molar-refractivity contribution is 6.09. The summed E-state index contributed by atoms with van der Waals surface area (Å²) in [6.45, 7) is 0.921. The van der Waals surface area contributed by atoms with Gasteiger partial charge >= 0.3 is 0 Å². The summed E-state index contributed by atoms with van der Waals surface area (Å²) < 4.78 is 37.9. The third-order valence-electron chi connectivity index (χ3n) is 5.46. The molecule has 0 radical (unpaired) electrons. The van der Waals surface area contributed by atoms with Crippen LogP contribution in [0.25, 0.3) is 11.0 Å². The monoisotopic (exact) mass is 448 g/mol. The van der Waals surface area contributed by atoms with Gasteiger partial charge in [-0.2, -0.15) is 5.10 Å². The van der Waals surface area contributed by atoms with Gasteiger partial charge in [-0.15, -0.1) is 0 Å². The molecule has 3 aromatic rings. The summed E-state index contributed by atoms with van der Waals surface area (Å²) in [6, 6.07) is 6.47. The normalized spacial score (nSPS) is 18.3. The predicted octanol–water partition coefficient (Wildman–Crippen LogP) is 1.76. The van der Waals surface area contributed by atoms with Gasteiger partial charge in [0.15, 0.2) is 0 Å². The number of carbonyl (C=O) groups is 2. The molecule has 2 aromatic heterocycles. The molecule has 1 aliphatic rings. The lowest BCUT2D eigenvalue weighted by atomic mass is 9.97. The Morgan fingerprint density at radius 3 is 2.94 bits per heavy atom. The summed E-state index contributed by atoms with van der Waals surface area (Å²) in [5, 5.41) is 19.3. The molecule has 1 saturated heterocycles. The van der Waals surface area contributed by atoms with Gasteiger partial charge in [0.05, 0.1) is 17.9 Å². The second kappa shape index (κ2) is 8.58. The molecule has 0 unspecified atom stereocenters. The lowest BCUT2D eigenvalue weighted by molar-refractivity contribution is -0.125.